The standard InChI is InChI=1S/C11H12BrNO3S/c1-13(11(12)14)9-4-5-10-8(7-9)3-2-6-17(10,15)16/h4-5,7H,2-3,6H2,1H3. The van der Waals surface area contributed by atoms with Gasteiger partial charge in [-0.25, -0.2) is 8.42 Å². The van der Waals surface area contributed by atoms with E-state index in [0.717, 1.165) is 12.0 Å². The number of benzene rings is 1. The first-order chi connectivity index (χ1) is 7.92. The topological polar surface area (TPSA) is 54.5 Å². The van der Waals surface area contributed by atoms with Gasteiger partial charge < -0.3 is 4.90 Å². The maximum absolute atomic E-state index is 11.8. The third-order valence-electron chi connectivity index (χ3n) is 2.89. The van der Waals surface area contributed by atoms with E-state index >= 15 is 0 Å². The molecule has 0 unspecified atom stereocenters. The number of anilines is 1. The lowest BCUT2D eigenvalue weighted by Crippen LogP contribution is -2.21. The minimum Gasteiger partial charge on any atom is -0.306 e. The van der Waals surface area contributed by atoms with Crippen LogP contribution in [0.3, 0.4) is 0 Å². The summed E-state index contributed by atoms with van der Waals surface area (Å²) in [5.74, 6) is 0.215. The van der Waals surface area contributed by atoms with Gasteiger partial charge in [-0.15, -0.1) is 0 Å². The van der Waals surface area contributed by atoms with E-state index in [0.29, 0.717) is 17.0 Å². The Bertz CT molecular complexity index is 568. The molecule has 0 atom stereocenters. The van der Waals surface area contributed by atoms with E-state index in [9.17, 15) is 13.2 Å². The maximum atomic E-state index is 11.8. The molecule has 0 spiro atoms. The molecule has 1 aliphatic rings. The zero-order valence-corrected chi connectivity index (χ0v) is 11.7. The SMILES string of the molecule is CN(C(=O)Br)c1ccc2c(c1)CCCS2(=O)=O. The molecule has 1 aliphatic heterocycles. The van der Waals surface area contributed by atoms with Crippen molar-refractivity contribution in [1.29, 1.82) is 0 Å². The van der Waals surface area contributed by atoms with E-state index in [-0.39, 0.29) is 10.6 Å². The zero-order chi connectivity index (χ0) is 12.6. The molecule has 0 saturated carbocycles. The van der Waals surface area contributed by atoms with Gasteiger partial charge in [-0.05, 0) is 36.6 Å². The number of amides is 1. The van der Waals surface area contributed by atoms with Crippen LogP contribution in [0.25, 0.3) is 0 Å². The number of aryl methyl sites for hydroxylation is 1. The van der Waals surface area contributed by atoms with Gasteiger partial charge >= 0.3 is 0 Å². The summed E-state index contributed by atoms with van der Waals surface area (Å²) in [7, 11) is -1.48. The average Bonchev–Trinajstić information content (AvgIpc) is 2.27. The highest BCUT2D eigenvalue weighted by Gasteiger charge is 2.24. The predicted octanol–water partition coefficient (Wildman–Crippen LogP) is 2.36. The summed E-state index contributed by atoms with van der Waals surface area (Å²) in [5, 5.41) is 0. The van der Waals surface area contributed by atoms with Gasteiger partial charge in [-0.3, -0.25) is 4.79 Å². The van der Waals surface area contributed by atoms with Crippen LogP contribution in [0.5, 0.6) is 0 Å². The second-order valence-corrected chi connectivity index (χ2v) is 6.78. The molecule has 1 aromatic rings. The van der Waals surface area contributed by atoms with Crippen LogP contribution in [0.2, 0.25) is 0 Å². The molecule has 1 heterocycles. The number of carbonyl (C=O) groups excluding carboxylic acids is 1. The number of rotatable bonds is 1. The Labute approximate surface area is 109 Å². The first kappa shape index (κ1) is 12.6. The molecule has 0 bridgehead atoms. The van der Waals surface area contributed by atoms with Crippen LogP contribution < -0.4 is 4.90 Å². The summed E-state index contributed by atoms with van der Waals surface area (Å²) >= 11 is 2.86. The van der Waals surface area contributed by atoms with Gasteiger partial charge in [0.05, 0.1) is 10.6 Å². The van der Waals surface area contributed by atoms with Crippen molar-refractivity contribution >= 4 is 36.3 Å². The fourth-order valence-corrected chi connectivity index (χ4v) is 3.72. The number of hydrogen-bond donors (Lipinski definition) is 0. The second kappa shape index (κ2) is 4.42. The third-order valence-corrected chi connectivity index (χ3v) is 5.32. The number of carbonyl (C=O) groups is 1. The van der Waals surface area contributed by atoms with Crippen LogP contribution in [-0.2, 0) is 16.3 Å². The Morgan fingerprint density at radius 2 is 2.12 bits per heavy atom. The van der Waals surface area contributed by atoms with E-state index in [1.807, 2.05) is 0 Å². The van der Waals surface area contributed by atoms with Crippen molar-refractivity contribution in [1.82, 2.24) is 0 Å². The molecule has 0 radical (unpaired) electrons. The van der Waals surface area contributed by atoms with Gasteiger partial charge in [-0.2, -0.15) is 0 Å². The van der Waals surface area contributed by atoms with Crippen molar-refractivity contribution in [3.8, 4) is 0 Å². The summed E-state index contributed by atoms with van der Waals surface area (Å²) in [6.45, 7) is 0. The molecule has 0 aliphatic carbocycles. The highest BCUT2D eigenvalue weighted by Crippen LogP contribution is 2.29. The summed E-state index contributed by atoms with van der Waals surface area (Å²) in [6.07, 6.45) is 1.39. The molecule has 0 aromatic heterocycles. The summed E-state index contributed by atoms with van der Waals surface area (Å²) in [6, 6.07) is 5.01. The first-order valence-electron chi connectivity index (χ1n) is 5.21. The molecule has 92 valence electrons. The monoisotopic (exact) mass is 317 g/mol. The quantitative estimate of drug-likeness (QED) is 0.590. The van der Waals surface area contributed by atoms with Crippen LogP contribution in [0.1, 0.15) is 12.0 Å². The molecular formula is C11H12BrNO3S. The number of nitrogens with zero attached hydrogens (tertiary/aromatic N) is 1. The van der Waals surface area contributed by atoms with E-state index in [1.165, 1.54) is 4.90 Å². The lowest BCUT2D eigenvalue weighted by molar-refractivity contribution is 0.267. The number of hydrogen-bond acceptors (Lipinski definition) is 3. The molecule has 0 fully saturated rings. The molecule has 6 heteroatoms. The highest BCUT2D eigenvalue weighted by atomic mass is 79.9. The number of sulfone groups is 1. The van der Waals surface area contributed by atoms with Crippen molar-refractivity contribution in [3.63, 3.8) is 0 Å². The van der Waals surface area contributed by atoms with Gasteiger partial charge in [0.15, 0.2) is 9.84 Å². The van der Waals surface area contributed by atoms with Crippen LogP contribution in [-0.4, -0.2) is 26.0 Å². The lowest BCUT2D eigenvalue weighted by Gasteiger charge is -2.20. The zero-order valence-electron chi connectivity index (χ0n) is 9.31. The van der Waals surface area contributed by atoms with Gasteiger partial charge in [-0.1, -0.05) is 0 Å². The van der Waals surface area contributed by atoms with Crippen molar-refractivity contribution in [2.45, 2.75) is 17.7 Å². The normalized spacial score (nSPS) is 17.3. The molecule has 2 rings (SSSR count). The van der Waals surface area contributed by atoms with E-state index in [2.05, 4.69) is 15.9 Å². The minimum absolute atomic E-state index is 0.215. The molecule has 1 aromatic carbocycles. The average molecular weight is 318 g/mol. The van der Waals surface area contributed by atoms with E-state index in [1.54, 1.807) is 25.2 Å². The van der Waals surface area contributed by atoms with Crippen LogP contribution in [0, 0.1) is 0 Å². The summed E-state index contributed by atoms with van der Waals surface area (Å²) in [4.78, 5) is 12.7. The van der Waals surface area contributed by atoms with Gasteiger partial charge in [0.2, 0.25) is 0 Å². The fraction of sp³-hybridized carbons (Fsp3) is 0.364. The summed E-state index contributed by atoms with van der Waals surface area (Å²) < 4.78 is 23.6. The molecule has 4 nitrogen and oxygen atoms in total. The second-order valence-electron chi connectivity index (χ2n) is 4.03. The van der Waals surface area contributed by atoms with E-state index in [4.69, 9.17) is 0 Å². The molecular weight excluding hydrogens is 306 g/mol. The van der Waals surface area contributed by atoms with Crippen molar-refractivity contribution < 1.29 is 13.2 Å². The van der Waals surface area contributed by atoms with Crippen LogP contribution >= 0.6 is 15.9 Å². The van der Waals surface area contributed by atoms with Crippen molar-refractivity contribution in [3.05, 3.63) is 23.8 Å². The Kier molecular flexibility index (Phi) is 3.27. The highest BCUT2D eigenvalue weighted by molar-refractivity contribution is 9.18. The Morgan fingerprint density at radius 1 is 1.41 bits per heavy atom. The van der Waals surface area contributed by atoms with Crippen LogP contribution in [0.4, 0.5) is 10.5 Å². The smallest absolute Gasteiger partial charge is 0.293 e. The third kappa shape index (κ3) is 2.37. The molecule has 0 saturated heterocycles. The predicted molar refractivity (Wildman–Crippen MR) is 69.5 cm³/mol. The molecule has 17 heavy (non-hydrogen) atoms. The van der Waals surface area contributed by atoms with Gasteiger partial charge in [0, 0.05) is 28.7 Å². The molecule has 1 amide bonds. The Morgan fingerprint density at radius 3 is 2.76 bits per heavy atom. The van der Waals surface area contributed by atoms with Gasteiger partial charge in [0.25, 0.3) is 4.82 Å². The Hall–Kier alpha value is -0.880. The van der Waals surface area contributed by atoms with Crippen molar-refractivity contribution in [2.75, 3.05) is 17.7 Å². The fourth-order valence-electron chi connectivity index (χ4n) is 1.94. The van der Waals surface area contributed by atoms with Crippen molar-refractivity contribution in [2.24, 2.45) is 0 Å². The largest absolute Gasteiger partial charge is 0.306 e. The van der Waals surface area contributed by atoms with E-state index < -0.39 is 9.84 Å². The summed E-state index contributed by atoms with van der Waals surface area (Å²) in [5.41, 5.74) is 1.50. The minimum atomic E-state index is -3.12. The number of fused-ring (bicyclic) bond motifs is 1. The first-order valence-corrected chi connectivity index (χ1v) is 7.65. The maximum Gasteiger partial charge on any atom is 0.293 e. The van der Waals surface area contributed by atoms with Crippen LogP contribution in [0.15, 0.2) is 23.1 Å². The molecule has 0 N–H and O–H groups in total. The lowest BCUT2D eigenvalue weighted by atomic mass is 10.1. The number of halogens is 1. The Balaban J connectivity index is 2.48. The van der Waals surface area contributed by atoms with Gasteiger partial charge in [0.1, 0.15) is 0 Å².